The van der Waals surface area contributed by atoms with Crippen molar-refractivity contribution in [3.05, 3.63) is 29.8 Å². The van der Waals surface area contributed by atoms with E-state index in [2.05, 4.69) is 5.32 Å². The predicted molar refractivity (Wildman–Crippen MR) is 83.4 cm³/mol. The summed E-state index contributed by atoms with van der Waals surface area (Å²) < 4.78 is 0. The Morgan fingerprint density at radius 2 is 2.05 bits per heavy atom. The normalized spacial score (nSPS) is 22.7. The first-order valence-electron chi connectivity index (χ1n) is 7.79. The van der Waals surface area contributed by atoms with Gasteiger partial charge in [0.1, 0.15) is 0 Å². The molecule has 2 aliphatic rings. The first-order chi connectivity index (χ1) is 10.5. The largest absolute Gasteiger partial charge is 0.396 e. The van der Waals surface area contributed by atoms with Crippen molar-refractivity contribution in [1.29, 1.82) is 0 Å². The zero-order chi connectivity index (χ0) is 15.7. The van der Waals surface area contributed by atoms with Crippen LogP contribution in [0.1, 0.15) is 24.8 Å². The molecule has 22 heavy (non-hydrogen) atoms. The molecule has 3 rings (SSSR count). The van der Waals surface area contributed by atoms with Gasteiger partial charge in [0, 0.05) is 30.6 Å². The molecule has 2 amide bonds. The van der Waals surface area contributed by atoms with Crippen LogP contribution in [0.3, 0.4) is 0 Å². The Morgan fingerprint density at radius 3 is 2.64 bits per heavy atom. The molecule has 0 radical (unpaired) electrons. The average molecular weight is 302 g/mol. The lowest BCUT2D eigenvalue weighted by molar-refractivity contribution is -0.126. The van der Waals surface area contributed by atoms with Crippen molar-refractivity contribution in [2.24, 2.45) is 11.3 Å². The number of aliphatic hydroxyl groups excluding tert-OH is 1. The number of anilines is 1. The quantitative estimate of drug-likeness (QED) is 0.859. The number of aryl methyl sites for hydroxylation is 1. The molecule has 2 N–H and O–H groups in total. The van der Waals surface area contributed by atoms with E-state index in [1.807, 2.05) is 31.2 Å². The zero-order valence-electron chi connectivity index (χ0n) is 12.8. The molecule has 1 aromatic carbocycles. The van der Waals surface area contributed by atoms with E-state index in [0.717, 1.165) is 24.1 Å². The van der Waals surface area contributed by atoms with Crippen molar-refractivity contribution >= 4 is 17.5 Å². The average Bonchev–Trinajstić information content (AvgIpc) is 3.21. The minimum atomic E-state index is -0.303. The molecule has 0 aromatic heterocycles. The van der Waals surface area contributed by atoms with Gasteiger partial charge in [-0.3, -0.25) is 9.59 Å². The molecular weight excluding hydrogens is 280 g/mol. The molecule has 0 bridgehead atoms. The number of benzene rings is 1. The number of nitrogens with zero attached hydrogens (tertiary/aromatic N) is 1. The third-order valence-electron chi connectivity index (χ3n) is 4.77. The highest BCUT2D eigenvalue weighted by Gasteiger charge is 2.43. The summed E-state index contributed by atoms with van der Waals surface area (Å²) in [4.78, 5) is 26.1. The lowest BCUT2D eigenvalue weighted by Crippen LogP contribution is -2.37. The van der Waals surface area contributed by atoms with Crippen LogP contribution in [-0.4, -0.2) is 36.6 Å². The summed E-state index contributed by atoms with van der Waals surface area (Å²) in [6, 6.07) is 7.76. The van der Waals surface area contributed by atoms with Gasteiger partial charge in [0.2, 0.25) is 11.8 Å². The Balaban J connectivity index is 1.59. The number of nitrogens with one attached hydrogen (secondary N) is 1. The summed E-state index contributed by atoms with van der Waals surface area (Å²) >= 11 is 0. The van der Waals surface area contributed by atoms with Gasteiger partial charge in [0.25, 0.3) is 0 Å². The summed E-state index contributed by atoms with van der Waals surface area (Å²) in [5, 5.41) is 12.2. The number of hydrogen-bond acceptors (Lipinski definition) is 3. The number of carbonyl (C=O) groups excluding carboxylic acids is 2. The van der Waals surface area contributed by atoms with E-state index in [-0.39, 0.29) is 36.2 Å². The minimum absolute atomic E-state index is 0.00713. The van der Waals surface area contributed by atoms with Gasteiger partial charge >= 0.3 is 0 Å². The minimum Gasteiger partial charge on any atom is -0.396 e. The Bertz CT molecular complexity index is 578. The van der Waals surface area contributed by atoms with E-state index in [9.17, 15) is 14.7 Å². The van der Waals surface area contributed by atoms with E-state index in [1.54, 1.807) is 4.90 Å². The van der Waals surface area contributed by atoms with E-state index >= 15 is 0 Å². The van der Waals surface area contributed by atoms with Gasteiger partial charge < -0.3 is 15.3 Å². The third kappa shape index (κ3) is 2.99. The second-order valence-corrected chi connectivity index (χ2v) is 6.62. The van der Waals surface area contributed by atoms with Crippen LogP contribution in [-0.2, 0) is 9.59 Å². The molecule has 1 saturated carbocycles. The van der Waals surface area contributed by atoms with Crippen LogP contribution >= 0.6 is 0 Å². The SMILES string of the molecule is Cc1ccc(N2CC(C(=O)NCC3(CO)CC3)CC2=O)cc1. The van der Waals surface area contributed by atoms with Gasteiger partial charge in [-0.1, -0.05) is 17.7 Å². The fourth-order valence-electron chi connectivity index (χ4n) is 2.84. The standard InChI is InChI=1S/C17H22N2O3/c1-12-2-4-14(5-3-12)19-9-13(8-15(19)21)16(22)18-10-17(11-20)6-7-17/h2-5,13,20H,6-11H2,1H3,(H,18,22). The maximum absolute atomic E-state index is 12.2. The number of carbonyl (C=O) groups is 2. The first kappa shape index (κ1) is 15.0. The van der Waals surface area contributed by atoms with E-state index in [1.165, 1.54) is 0 Å². The van der Waals surface area contributed by atoms with Crippen LogP contribution in [0, 0.1) is 18.3 Å². The molecule has 1 saturated heterocycles. The van der Waals surface area contributed by atoms with Crippen LogP contribution < -0.4 is 10.2 Å². The topological polar surface area (TPSA) is 69.6 Å². The number of amides is 2. The maximum atomic E-state index is 12.2. The van der Waals surface area contributed by atoms with Crippen LogP contribution in [0.5, 0.6) is 0 Å². The van der Waals surface area contributed by atoms with Crippen LogP contribution in [0.25, 0.3) is 0 Å². The van der Waals surface area contributed by atoms with Crippen LogP contribution in [0.4, 0.5) is 5.69 Å². The van der Waals surface area contributed by atoms with Crippen LogP contribution in [0.2, 0.25) is 0 Å². The Kier molecular flexibility index (Phi) is 3.91. The molecule has 1 heterocycles. The molecule has 0 spiro atoms. The summed E-state index contributed by atoms with van der Waals surface area (Å²) in [7, 11) is 0. The van der Waals surface area contributed by atoms with Crippen molar-refractivity contribution in [3.63, 3.8) is 0 Å². The summed E-state index contributed by atoms with van der Waals surface area (Å²) in [6.45, 7) is 3.06. The second kappa shape index (κ2) is 5.72. The third-order valence-corrected chi connectivity index (χ3v) is 4.77. The molecule has 5 heteroatoms. The molecular formula is C17H22N2O3. The monoisotopic (exact) mass is 302 g/mol. The predicted octanol–water partition coefficient (Wildman–Crippen LogP) is 1.24. The second-order valence-electron chi connectivity index (χ2n) is 6.62. The molecule has 1 aliphatic heterocycles. The van der Waals surface area contributed by atoms with Gasteiger partial charge in [-0.25, -0.2) is 0 Å². The fourth-order valence-corrected chi connectivity index (χ4v) is 2.84. The molecule has 1 aliphatic carbocycles. The molecule has 118 valence electrons. The number of aliphatic hydroxyl groups is 1. The molecule has 1 aromatic rings. The van der Waals surface area contributed by atoms with Crippen LogP contribution in [0.15, 0.2) is 24.3 Å². The van der Waals surface area contributed by atoms with Crippen molar-refractivity contribution in [2.45, 2.75) is 26.2 Å². The van der Waals surface area contributed by atoms with E-state index < -0.39 is 0 Å². The van der Waals surface area contributed by atoms with Crippen molar-refractivity contribution < 1.29 is 14.7 Å². The van der Waals surface area contributed by atoms with Crippen molar-refractivity contribution in [1.82, 2.24) is 5.32 Å². The zero-order valence-corrected chi connectivity index (χ0v) is 12.8. The summed E-state index contributed by atoms with van der Waals surface area (Å²) in [5.74, 6) is -0.390. The lowest BCUT2D eigenvalue weighted by atomic mass is 10.1. The highest BCUT2D eigenvalue weighted by molar-refractivity contribution is 6.00. The van der Waals surface area contributed by atoms with Gasteiger partial charge in [0.15, 0.2) is 0 Å². The molecule has 1 atom stereocenters. The molecule has 5 nitrogen and oxygen atoms in total. The van der Waals surface area contributed by atoms with E-state index in [4.69, 9.17) is 0 Å². The highest BCUT2D eigenvalue weighted by atomic mass is 16.3. The van der Waals surface area contributed by atoms with Crippen molar-refractivity contribution in [3.8, 4) is 0 Å². The first-order valence-corrected chi connectivity index (χ1v) is 7.79. The Morgan fingerprint density at radius 1 is 1.36 bits per heavy atom. The Hall–Kier alpha value is -1.88. The summed E-state index contributed by atoms with van der Waals surface area (Å²) in [5.41, 5.74) is 1.89. The fraction of sp³-hybridized carbons (Fsp3) is 0.529. The number of hydrogen-bond donors (Lipinski definition) is 2. The highest BCUT2D eigenvalue weighted by Crippen LogP contribution is 2.44. The van der Waals surface area contributed by atoms with Gasteiger partial charge in [-0.05, 0) is 31.9 Å². The van der Waals surface area contributed by atoms with Gasteiger partial charge in [-0.15, -0.1) is 0 Å². The van der Waals surface area contributed by atoms with E-state index in [0.29, 0.717) is 13.1 Å². The smallest absolute Gasteiger partial charge is 0.227 e. The van der Waals surface area contributed by atoms with Gasteiger partial charge in [-0.2, -0.15) is 0 Å². The molecule has 2 fully saturated rings. The molecule has 1 unspecified atom stereocenters. The Labute approximate surface area is 130 Å². The van der Waals surface area contributed by atoms with Crippen molar-refractivity contribution in [2.75, 3.05) is 24.6 Å². The van der Waals surface area contributed by atoms with Gasteiger partial charge in [0.05, 0.1) is 12.5 Å². The lowest BCUT2D eigenvalue weighted by Gasteiger charge is -2.18. The maximum Gasteiger partial charge on any atom is 0.227 e. The number of rotatable bonds is 5. The summed E-state index contributed by atoms with van der Waals surface area (Å²) in [6.07, 6.45) is 2.18.